The quantitative estimate of drug-likeness (QED) is 0.699. The summed E-state index contributed by atoms with van der Waals surface area (Å²) in [7, 11) is 2.98. The first-order valence-electron chi connectivity index (χ1n) is 9.84. The fraction of sp³-hybridized carbons (Fsp3) is 0.632. The molecule has 2 aromatic heterocycles. The highest BCUT2D eigenvalue weighted by molar-refractivity contribution is 9.10. The highest BCUT2D eigenvalue weighted by Crippen LogP contribution is 2.64. The van der Waals surface area contributed by atoms with Gasteiger partial charge in [0.1, 0.15) is 6.33 Å². The maximum absolute atomic E-state index is 13.6. The standard InChI is InChI=1S/C19H23BrN6O3/c1-25-14(15(27)29-2)13(8-22-25)23-16(28)18-4-11-3-12(5-18)7-19(6-11,9-18)26-10-21-17(20)24-26/h8,10-12H,3-7,9H2,1-2H3,(H,23,28). The van der Waals surface area contributed by atoms with Gasteiger partial charge in [0.25, 0.3) is 0 Å². The van der Waals surface area contributed by atoms with E-state index in [0.717, 1.165) is 32.1 Å². The van der Waals surface area contributed by atoms with Crippen molar-refractivity contribution >= 4 is 33.5 Å². The van der Waals surface area contributed by atoms with Crippen LogP contribution < -0.4 is 5.32 Å². The number of amides is 1. The molecule has 0 radical (unpaired) electrons. The third-order valence-electron chi connectivity index (χ3n) is 7.03. The largest absolute Gasteiger partial charge is 0.464 e. The summed E-state index contributed by atoms with van der Waals surface area (Å²) in [5.41, 5.74) is 0.0184. The Hall–Kier alpha value is -2.23. The minimum atomic E-state index is -0.519. The molecule has 4 bridgehead atoms. The van der Waals surface area contributed by atoms with E-state index >= 15 is 0 Å². The number of aromatic nitrogens is 5. The molecule has 0 spiro atoms. The third kappa shape index (κ3) is 2.83. The molecule has 2 aromatic rings. The van der Waals surface area contributed by atoms with E-state index in [1.54, 1.807) is 13.4 Å². The number of ether oxygens (including phenoxy) is 1. The lowest BCUT2D eigenvalue weighted by molar-refractivity contribution is -0.150. The molecule has 6 rings (SSSR count). The molecule has 10 heteroatoms. The van der Waals surface area contributed by atoms with E-state index in [2.05, 4.69) is 36.4 Å². The molecule has 0 saturated heterocycles. The number of esters is 1. The van der Waals surface area contributed by atoms with Gasteiger partial charge in [-0.3, -0.25) is 9.48 Å². The summed E-state index contributed by atoms with van der Waals surface area (Å²) in [4.78, 5) is 29.9. The van der Waals surface area contributed by atoms with Crippen LogP contribution in [-0.4, -0.2) is 43.5 Å². The van der Waals surface area contributed by atoms with Crippen LogP contribution in [0.3, 0.4) is 0 Å². The smallest absolute Gasteiger partial charge is 0.358 e. The number of aryl methyl sites for hydroxylation is 1. The summed E-state index contributed by atoms with van der Waals surface area (Å²) in [6.45, 7) is 0. The van der Waals surface area contributed by atoms with E-state index < -0.39 is 11.4 Å². The molecule has 4 fully saturated rings. The lowest BCUT2D eigenvalue weighted by atomic mass is 9.46. The van der Waals surface area contributed by atoms with Crippen LogP contribution in [-0.2, 0) is 22.1 Å². The summed E-state index contributed by atoms with van der Waals surface area (Å²) in [6.07, 6.45) is 9.02. The lowest BCUT2D eigenvalue weighted by Crippen LogP contribution is -2.60. The normalized spacial score (nSPS) is 32.4. The molecule has 2 unspecified atom stereocenters. The summed E-state index contributed by atoms with van der Waals surface area (Å²) in [5, 5.41) is 11.7. The molecule has 2 atom stereocenters. The SMILES string of the molecule is COC(=O)c1c(NC(=O)C23CC4CC(C2)CC(n2cnc(Br)n2)(C4)C3)cnn1C. The Morgan fingerprint density at radius 2 is 2.00 bits per heavy atom. The van der Waals surface area contributed by atoms with Crippen molar-refractivity contribution in [1.29, 1.82) is 0 Å². The molecule has 4 saturated carbocycles. The van der Waals surface area contributed by atoms with Crippen molar-refractivity contribution in [3.63, 3.8) is 0 Å². The number of methoxy groups -OCH3 is 1. The Kier molecular flexibility index (Phi) is 4.13. The third-order valence-corrected chi connectivity index (χ3v) is 7.39. The zero-order valence-electron chi connectivity index (χ0n) is 16.4. The van der Waals surface area contributed by atoms with Gasteiger partial charge in [-0.15, -0.1) is 5.10 Å². The van der Waals surface area contributed by atoms with Crippen molar-refractivity contribution in [3.05, 3.63) is 23.0 Å². The zero-order valence-corrected chi connectivity index (χ0v) is 18.0. The Labute approximate surface area is 176 Å². The van der Waals surface area contributed by atoms with Gasteiger partial charge in [-0.2, -0.15) is 5.10 Å². The van der Waals surface area contributed by atoms with Gasteiger partial charge in [-0.25, -0.2) is 14.5 Å². The van der Waals surface area contributed by atoms with E-state index in [0.29, 0.717) is 22.3 Å². The van der Waals surface area contributed by atoms with Crippen LogP contribution in [0, 0.1) is 17.3 Å². The van der Waals surface area contributed by atoms with Crippen molar-refractivity contribution in [1.82, 2.24) is 24.5 Å². The second-order valence-corrected chi connectivity index (χ2v) is 9.61. The number of anilines is 1. The van der Waals surface area contributed by atoms with Crippen LogP contribution in [0.4, 0.5) is 5.69 Å². The highest BCUT2D eigenvalue weighted by Gasteiger charge is 2.61. The van der Waals surface area contributed by atoms with Crippen molar-refractivity contribution in [3.8, 4) is 0 Å². The summed E-state index contributed by atoms with van der Waals surface area (Å²) < 4.78 is 8.82. The molecule has 1 N–H and O–H groups in total. The molecule has 4 aliphatic carbocycles. The van der Waals surface area contributed by atoms with Crippen LogP contribution in [0.2, 0.25) is 0 Å². The second kappa shape index (κ2) is 6.38. The fourth-order valence-electron chi connectivity index (χ4n) is 6.34. The van der Waals surface area contributed by atoms with E-state index in [9.17, 15) is 9.59 Å². The Morgan fingerprint density at radius 3 is 2.62 bits per heavy atom. The summed E-state index contributed by atoms with van der Waals surface area (Å²) in [5.74, 6) is 0.445. The van der Waals surface area contributed by atoms with Crippen molar-refractivity contribution in [2.45, 2.75) is 44.1 Å². The van der Waals surface area contributed by atoms with Crippen LogP contribution in [0.25, 0.3) is 0 Å². The van der Waals surface area contributed by atoms with Crippen LogP contribution >= 0.6 is 15.9 Å². The number of nitrogens with zero attached hydrogens (tertiary/aromatic N) is 5. The molecular weight excluding hydrogens is 440 g/mol. The first-order valence-corrected chi connectivity index (χ1v) is 10.6. The predicted octanol–water partition coefficient (Wildman–Crippen LogP) is 2.49. The van der Waals surface area contributed by atoms with Gasteiger partial charge in [0.15, 0.2) is 5.69 Å². The van der Waals surface area contributed by atoms with Crippen molar-refractivity contribution in [2.24, 2.45) is 24.3 Å². The van der Waals surface area contributed by atoms with Crippen molar-refractivity contribution in [2.75, 3.05) is 12.4 Å². The maximum atomic E-state index is 13.6. The van der Waals surface area contributed by atoms with Gasteiger partial charge in [0.05, 0.1) is 29.9 Å². The monoisotopic (exact) mass is 462 g/mol. The molecule has 0 aliphatic heterocycles. The molecule has 4 aliphatic rings. The predicted molar refractivity (Wildman–Crippen MR) is 106 cm³/mol. The van der Waals surface area contributed by atoms with Gasteiger partial charge in [0.2, 0.25) is 10.6 Å². The van der Waals surface area contributed by atoms with E-state index in [1.165, 1.54) is 24.4 Å². The number of hydrogen-bond donors (Lipinski definition) is 1. The van der Waals surface area contributed by atoms with Gasteiger partial charge in [-0.1, -0.05) is 0 Å². The topological polar surface area (TPSA) is 104 Å². The summed E-state index contributed by atoms with van der Waals surface area (Å²) in [6, 6.07) is 0. The molecule has 0 aromatic carbocycles. The van der Waals surface area contributed by atoms with E-state index in [-0.39, 0.29) is 17.1 Å². The molecule has 154 valence electrons. The number of rotatable bonds is 4. The van der Waals surface area contributed by atoms with Gasteiger partial charge in [0, 0.05) is 7.05 Å². The molecule has 29 heavy (non-hydrogen) atoms. The molecular formula is C19H23BrN6O3. The summed E-state index contributed by atoms with van der Waals surface area (Å²) >= 11 is 3.35. The van der Waals surface area contributed by atoms with Crippen LogP contribution in [0.5, 0.6) is 0 Å². The maximum Gasteiger partial charge on any atom is 0.358 e. The first-order chi connectivity index (χ1) is 13.8. The first kappa shape index (κ1) is 18.8. The number of hydrogen-bond acceptors (Lipinski definition) is 6. The zero-order chi connectivity index (χ0) is 20.4. The number of halogens is 1. The highest BCUT2D eigenvalue weighted by atomic mass is 79.9. The lowest BCUT2D eigenvalue weighted by Gasteiger charge is -2.60. The van der Waals surface area contributed by atoms with Gasteiger partial charge in [-0.05, 0) is 66.3 Å². The van der Waals surface area contributed by atoms with Gasteiger partial charge < -0.3 is 10.1 Å². The Bertz CT molecular complexity index is 984. The minimum absolute atomic E-state index is 0.0340. The average molecular weight is 463 g/mol. The average Bonchev–Trinajstić information content (AvgIpc) is 3.26. The number of nitrogens with one attached hydrogen (secondary N) is 1. The fourth-order valence-corrected chi connectivity index (χ4v) is 6.60. The Morgan fingerprint density at radius 1 is 1.28 bits per heavy atom. The number of carbonyl (C=O) groups excluding carboxylic acids is 2. The molecule has 9 nitrogen and oxygen atoms in total. The van der Waals surface area contributed by atoms with Gasteiger partial charge >= 0.3 is 5.97 Å². The number of carbonyl (C=O) groups is 2. The van der Waals surface area contributed by atoms with Crippen LogP contribution in [0.15, 0.2) is 17.3 Å². The van der Waals surface area contributed by atoms with E-state index in [4.69, 9.17) is 4.74 Å². The van der Waals surface area contributed by atoms with Crippen molar-refractivity contribution < 1.29 is 14.3 Å². The van der Waals surface area contributed by atoms with Crippen LogP contribution in [0.1, 0.15) is 49.0 Å². The van der Waals surface area contributed by atoms with E-state index in [1.807, 2.05) is 4.68 Å². The minimum Gasteiger partial charge on any atom is -0.464 e. The molecule has 2 heterocycles. The Balaban J connectivity index is 1.47. The molecule has 1 amide bonds. The second-order valence-electron chi connectivity index (χ2n) is 8.90.